The average molecular weight is 322 g/mol. The van der Waals surface area contributed by atoms with Gasteiger partial charge in [0.2, 0.25) is 0 Å². The lowest BCUT2D eigenvalue weighted by Crippen LogP contribution is -2.38. The zero-order valence-corrected chi connectivity index (χ0v) is 12.2. The summed E-state index contributed by atoms with van der Waals surface area (Å²) in [5.74, 6) is 0. The number of hydrogen-bond donors (Lipinski definition) is 1. The van der Waals surface area contributed by atoms with Crippen molar-refractivity contribution in [2.24, 2.45) is 0 Å². The van der Waals surface area contributed by atoms with Gasteiger partial charge in [0.15, 0.2) is 5.69 Å². The number of likely N-dealkylation sites (N-methyl/N-ethyl adjacent to an activating group) is 1. The minimum absolute atomic E-state index is 0.392. The molecule has 1 fully saturated rings. The van der Waals surface area contributed by atoms with Crippen LogP contribution in [0, 0.1) is 0 Å². The van der Waals surface area contributed by atoms with Crippen LogP contribution in [0.15, 0.2) is 6.07 Å². The molecule has 9 heteroatoms. The second-order valence-electron chi connectivity index (χ2n) is 5.31. The van der Waals surface area contributed by atoms with Crippen LogP contribution in [0.1, 0.15) is 35.1 Å². The van der Waals surface area contributed by atoms with Crippen molar-refractivity contribution in [3.05, 3.63) is 17.5 Å². The molecule has 1 aliphatic heterocycles. The van der Waals surface area contributed by atoms with E-state index < -0.39 is 29.6 Å². The van der Waals surface area contributed by atoms with Gasteiger partial charge in [-0.15, -0.1) is 0 Å². The van der Waals surface area contributed by atoms with Gasteiger partial charge in [-0.05, 0) is 19.9 Å². The molecule has 1 saturated heterocycles. The summed E-state index contributed by atoms with van der Waals surface area (Å²) in [7, 11) is 1.84. The van der Waals surface area contributed by atoms with Gasteiger partial charge in [-0.1, -0.05) is 0 Å². The molecule has 0 aromatic carbocycles. The van der Waals surface area contributed by atoms with Gasteiger partial charge in [-0.25, -0.2) is 0 Å². The molecule has 0 amide bonds. The van der Waals surface area contributed by atoms with Crippen LogP contribution in [-0.2, 0) is 6.18 Å². The molecule has 1 N–H and O–H groups in total. The van der Waals surface area contributed by atoms with E-state index in [4.69, 9.17) is 0 Å². The van der Waals surface area contributed by atoms with E-state index in [2.05, 4.69) is 15.3 Å². The quantitative estimate of drug-likeness (QED) is 0.664. The Morgan fingerprint density at radius 1 is 1.41 bits per heavy atom. The maximum Gasteiger partial charge on any atom is 0.435 e. The van der Waals surface area contributed by atoms with E-state index in [0.29, 0.717) is 32.0 Å². The molecule has 0 atom stereocenters. The molecule has 5 nitrogen and oxygen atoms in total. The van der Waals surface area contributed by atoms with Gasteiger partial charge in [-0.3, -0.25) is 9.48 Å². The topological polar surface area (TPSA) is 50.2 Å². The Bertz CT molecular complexity index is 521. The van der Waals surface area contributed by atoms with Crippen molar-refractivity contribution in [2.45, 2.75) is 25.1 Å². The lowest BCUT2D eigenvalue weighted by Gasteiger charge is -2.32. The van der Waals surface area contributed by atoms with Crippen LogP contribution in [0.5, 0.6) is 0 Å². The lowest BCUT2D eigenvalue weighted by atomic mass is 10.1. The molecule has 0 spiro atoms. The van der Waals surface area contributed by atoms with Crippen LogP contribution in [0.25, 0.3) is 0 Å². The van der Waals surface area contributed by atoms with Gasteiger partial charge in [0.1, 0.15) is 5.69 Å². The first-order chi connectivity index (χ1) is 10.3. The Morgan fingerprint density at radius 3 is 2.55 bits per heavy atom. The molecular weight excluding hydrogens is 304 g/mol. The molecular formula is C13H18F4N4O. The fourth-order valence-corrected chi connectivity index (χ4v) is 2.62. The number of carbonyl (C=O) groups is 1. The highest BCUT2D eigenvalue weighted by Gasteiger charge is 2.37. The van der Waals surface area contributed by atoms with Crippen molar-refractivity contribution in [1.29, 1.82) is 0 Å². The summed E-state index contributed by atoms with van der Waals surface area (Å²) in [5.41, 5.74) is -1.85. The minimum Gasteiger partial charge on any atom is -0.318 e. The maximum atomic E-state index is 13.0. The number of nitrogens with one attached hydrogen (secondary N) is 1. The summed E-state index contributed by atoms with van der Waals surface area (Å²) in [4.78, 5) is 13.1. The standard InChI is InChI=1S/C13H18F4N4O/c1-18-4-7-20-5-2-9(3-6-20)21-10(12(14)22)8-11(19-21)13(15,16)17/h8-9,18H,2-7H2,1H3. The summed E-state index contributed by atoms with van der Waals surface area (Å²) in [6, 6.07) is -1.80. The fourth-order valence-electron chi connectivity index (χ4n) is 2.62. The molecule has 0 radical (unpaired) electrons. The summed E-state index contributed by atoms with van der Waals surface area (Å²) < 4.78 is 52.0. The molecule has 124 valence electrons. The Balaban J connectivity index is 2.12. The van der Waals surface area contributed by atoms with Gasteiger partial charge >= 0.3 is 12.2 Å². The third-order valence-electron chi connectivity index (χ3n) is 3.81. The SMILES string of the molecule is CNCCN1CCC(n2nc(C(F)(F)F)cc2C(=O)F)CC1. The number of halogens is 4. The number of alkyl halides is 3. The summed E-state index contributed by atoms with van der Waals surface area (Å²) in [6.45, 7) is 3.00. The molecule has 0 bridgehead atoms. The van der Waals surface area contributed by atoms with Crippen molar-refractivity contribution in [1.82, 2.24) is 20.0 Å². The molecule has 1 aliphatic rings. The van der Waals surface area contributed by atoms with E-state index in [1.165, 1.54) is 0 Å². The van der Waals surface area contributed by atoms with Crippen molar-refractivity contribution in [3.63, 3.8) is 0 Å². The van der Waals surface area contributed by atoms with Gasteiger partial charge in [-0.2, -0.15) is 22.7 Å². The fraction of sp³-hybridized carbons (Fsp3) is 0.692. The number of aromatic nitrogens is 2. The van der Waals surface area contributed by atoms with E-state index >= 15 is 0 Å². The zero-order chi connectivity index (χ0) is 16.3. The second kappa shape index (κ2) is 6.74. The first kappa shape index (κ1) is 16.9. The molecule has 1 aromatic rings. The Hall–Kier alpha value is -1.48. The third-order valence-corrected chi connectivity index (χ3v) is 3.81. The molecule has 2 heterocycles. The average Bonchev–Trinajstić information content (AvgIpc) is 2.91. The summed E-state index contributed by atoms with van der Waals surface area (Å²) in [5, 5.41) is 6.44. The number of nitrogens with zero attached hydrogens (tertiary/aromatic N) is 3. The first-order valence-corrected chi connectivity index (χ1v) is 7.06. The Morgan fingerprint density at radius 2 is 2.05 bits per heavy atom. The van der Waals surface area contributed by atoms with Crippen LogP contribution in [-0.4, -0.2) is 53.9 Å². The molecule has 2 rings (SSSR count). The smallest absolute Gasteiger partial charge is 0.318 e. The highest BCUT2D eigenvalue weighted by Crippen LogP contribution is 2.31. The van der Waals surface area contributed by atoms with E-state index in [-0.39, 0.29) is 0 Å². The molecule has 1 aromatic heterocycles. The number of carbonyl (C=O) groups excluding carboxylic acids is 1. The molecule has 0 aliphatic carbocycles. The van der Waals surface area contributed by atoms with Crippen LogP contribution < -0.4 is 5.32 Å². The number of rotatable bonds is 5. The second-order valence-corrected chi connectivity index (χ2v) is 5.31. The van der Waals surface area contributed by atoms with Gasteiger partial charge in [0.05, 0.1) is 6.04 Å². The number of piperidine rings is 1. The number of likely N-dealkylation sites (tertiary alicyclic amines) is 1. The Kier molecular flexibility index (Phi) is 5.17. The van der Waals surface area contributed by atoms with Crippen molar-refractivity contribution in [3.8, 4) is 0 Å². The first-order valence-electron chi connectivity index (χ1n) is 7.06. The summed E-state index contributed by atoms with van der Waals surface area (Å²) >= 11 is 0. The van der Waals surface area contributed by atoms with Crippen molar-refractivity contribution in [2.75, 3.05) is 33.2 Å². The van der Waals surface area contributed by atoms with Crippen molar-refractivity contribution >= 4 is 6.04 Å². The normalized spacial score (nSPS) is 17.9. The Labute approximate surface area is 125 Å². The van der Waals surface area contributed by atoms with Crippen LogP contribution in [0.3, 0.4) is 0 Å². The van der Waals surface area contributed by atoms with Gasteiger partial charge < -0.3 is 10.2 Å². The van der Waals surface area contributed by atoms with Crippen LogP contribution in [0.2, 0.25) is 0 Å². The predicted octanol–water partition coefficient (Wildman–Crippen LogP) is 1.87. The minimum atomic E-state index is -4.69. The summed E-state index contributed by atoms with van der Waals surface area (Å²) in [6.07, 6.45) is -3.63. The van der Waals surface area contributed by atoms with E-state index in [1.807, 2.05) is 7.05 Å². The highest BCUT2D eigenvalue weighted by atomic mass is 19.4. The van der Waals surface area contributed by atoms with E-state index in [9.17, 15) is 22.4 Å². The van der Waals surface area contributed by atoms with E-state index in [0.717, 1.165) is 17.8 Å². The third kappa shape index (κ3) is 3.83. The highest BCUT2D eigenvalue weighted by molar-refractivity contribution is 5.86. The van der Waals surface area contributed by atoms with Crippen LogP contribution in [0.4, 0.5) is 17.6 Å². The van der Waals surface area contributed by atoms with Gasteiger partial charge in [0, 0.05) is 32.2 Å². The van der Waals surface area contributed by atoms with Gasteiger partial charge in [0.25, 0.3) is 0 Å². The van der Waals surface area contributed by atoms with E-state index in [1.54, 1.807) is 0 Å². The molecule has 0 saturated carbocycles. The molecule has 22 heavy (non-hydrogen) atoms. The maximum absolute atomic E-state index is 13.0. The van der Waals surface area contributed by atoms with Crippen molar-refractivity contribution < 1.29 is 22.4 Å². The number of hydrogen-bond acceptors (Lipinski definition) is 4. The van der Waals surface area contributed by atoms with Crippen LogP contribution >= 0.6 is 0 Å². The monoisotopic (exact) mass is 322 g/mol. The zero-order valence-electron chi connectivity index (χ0n) is 12.2. The lowest BCUT2D eigenvalue weighted by molar-refractivity contribution is -0.141. The predicted molar refractivity (Wildman–Crippen MR) is 71.3 cm³/mol. The molecule has 0 unspecified atom stereocenters. The largest absolute Gasteiger partial charge is 0.435 e.